The molecule has 0 saturated heterocycles. The number of nitrogens with two attached hydrogens (primary N) is 1. The van der Waals surface area contributed by atoms with Crippen LogP contribution in [0, 0.1) is 0 Å². The van der Waals surface area contributed by atoms with E-state index >= 15 is 0 Å². The number of aromatic nitrogens is 2. The second-order valence-corrected chi connectivity index (χ2v) is 8.79. The van der Waals surface area contributed by atoms with E-state index in [2.05, 4.69) is 10.4 Å². The number of nitrogens with zero attached hydrogens (tertiary/aromatic N) is 3. The zero-order valence-electron chi connectivity index (χ0n) is 16.3. The molecule has 1 unspecified atom stereocenters. The number of benzene rings is 1. The van der Waals surface area contributed by atoms with E-state index in [1.807, 2.05) is 20.8 Å². The number of primary amides is 1. The highest BCUT2D eigenvalue weighted by atomic mass is 35.5. The molecule has 1 aliphatic heterocycles. The molecule has 0 saturated carbocycles. The lowest BCUT2D eigenvalue weighted by Gasteiger charge is -2.35. The molecule has 2 heterocycles. The lowest BCUT2D eigenvalue weighted by molar-refractivity contribution is 0.0994. The van der Waals surface area contributed by atoms with E-state index in [1.54, 1.807) is 18.2 Å². The molecule has 0 aliphatic carbocycles. The van der Waals surface area contributed by atoms with Gasteiger partial charge in [0.05, 0.1) is 33.9 Å². The topological polar surface area (TPSA) is 93.2 Å². The van der Waals surface area contributed by atoms with Crippen molar-refractivity contribution in [2.24, 2.45) is 5.73 Å². The minimum Gasteiger partial charge on any atom is -0.365 e. The van der Waals surface area contributed by atoms with Gasteiger partial charge in [-0.05, 0) is 32.9 Å². The molecule has 2 aromatic rings. The van der Waals surface area contributed by atoms with Crippen molar-refractivity contribution in [3.63, 3.8) is 0 Å². The van der Waals surface area contributed by atoms with Crippen molar-refractivity contribution >= 4 is 35.1 Å². The fourth-order valence-corrected chi connectivity index (χ4v) is 3.57. The molecule has 3 N–H and O–H groups in total. The summed E-state index contributed by atoms with van der Waals surface area (Å²) in [6, 6.07) is 3.72. The largest absolute Gasteiger partial charge is 0.365 e. The summed E-state index contributed by atoms with van der Waals surface area (Å²) in [6.07, 6.45) is 0. The van der Waals surface area contributed by atoms with E-state index in [9.17, 15) is 14.0 Å². The molecule has 7 nitrogen and oxygen atoms in total. The van der Waals surface area contributed by atoms with Gasteiger partial charge in [-0.25, -0.2) is 9.18 Å². The number of carbonyl (C=O) groups excluding carboxylic acids is 2. The van der Waals surface area contributed by atoms with E-state index in [-0.39, 0.29) is 30.4 Å². The van der Waals surface area contributed by atoms with Gasteiger partial charge >= 0.3 is 6.03 Å². The number of halogens is 3. The first-order chi connectivity index (χ1) is 13.5. The Morgan fingerprint density at radius 2 is 2.00 bits per heavy atom. The number of hydrogen-bond acceptors (Lipinski definition) is 3. The Labute approximate surface area is 177 Å². The maximum Gasteiger partial charge on any atom is 0.318 e. The van der Waals surface area contributed by atoms with Crippen molar-refractivity contribution < 1.29 is 14.0 Å². The molecule has 1 aromatic heterocycles. The molecule has 0 fully saturated rings. The molecule has 29 heavy (non-hydrogen) atoms. The standard InChI is InChI=1S/C19H22Cl2FN5O2/c1-19(2,3)24-18(29)26-8-11(7-22)27-14(9-26)15(17(23)28)16(25-27)10-4-5-12(20)13(21)6-10/h4-6,11H,7-9H2,1-3H3,(H2,23,28)(H,24,29). The highest BCUT2D eigenvalue weighted by Crippen LogP contribution is 2.34. The monoisotopic (exact) mass is 441 g/mol. The predicted octanol–water partition coefficient (Wildman–Crippen LogP) is 3.79. The van der Waals surface area contributed by atoms with Gasteiger partial charge in [-0.3, -0.25) is 9.48 Å². The van der Waals surface area contributed by atoms with Crippen LogP contribution >= 0.6 is 23.2 Å². The van der Waals surface area contributed by atoms with Crippen LogP contribution in [0.2, 0.25) is 10.0 Å². The molecule has 3 rings (SSSR count). The summed E-state index contributed by atoms with van der Waals surface area (Å²) in [4.78, 5) is 26.4. The zero-order chi connectivity index (χ0) is 21.5. The van der Waals surface area contributed by atoms with Crippen LogP contribution in [-0.4, -0.2) is 45.4 Å². The maximum absolute atomic E-state index is 13.8. The number of hydrogen-bond donors (Lipinski definition) is 2. The lowest BCUT2D eigenvalue weighted by atomic mass is 10.0. The molecule has 10 heteroatoms. The molecule has 3 amide bonds. The molecular formula is C19H22Cl2FN5O2. The maximum atomic E-state index is 13.8. The van der Waals surface area contributed by atoms with Crippen molar-refractivity contribution in [3.05, 3.63) is 39.5 Å². The number of rotatable bonds is 3. The first-order valence-corrected chi connectivity index (χ1v) is 9.77. The highest BCUT2D eigenvalue weighted by molar-refractivity contribution is 6.42. The van der Waals surface area contributed by atoms with Crippen molar-refractivity contribution in [2.75, 3.05) is 13.2 Å². The van der Waals surface area contributed by atoms with Gasteiger partial charge in [-0.15, -0.1) is 0 Å². The quantitative estimate of drug-likeness (QED) is 0.758. The first-order valence-electron chi connectivity index (χ1n) is 9.01. The number of amides is 3. The number of urea groups is 1. The Balaban J connectivity index is 2.08. The van der Waals surface area contributed by atoms with Crippen LogP contribution in [0.15, 0.2) is 18.2 Å². The minimum atomic E-state index is -0.757. The number of fused-ring (bicyclic) bond motifs is 1. The third-order valence-electron chi connectivity index (χ3n) is 4.51. The second-order valence-electron chi connectivity index (χ2n) is 7.98. The Morgan fingerprint density at radius 1 is 1.31 bits per heavy atom. The van der Waals surface area contributed by atoms with E-state index in [0.29, 0.717) is 21.3 Å². The van der Waals surface area contributed by atoms with Gasteiger partial charge in [0.25, 0.3) is 5.91 Å². The molecule has 156 valence electrons. The summed E-state index contributed by atoms with van der Waals surface area (Å²) in [6.45, 7) is 4.99. The van der Waals surface area contributed by atoms with Crippen molar-refractivity contribution in [3.8, 4) is 11.3 Å². The summed E-state index contributed by atoms with van der Waals surface area (Å²) in [7, 11) is 0. The molecule has 0 radical (unpaired) electrons. The van der Waals surface area contributed by atoms with Crippen LogP contribution in [-0.2, 0) is 6.54 Å². The Kier molecular flexibility index (Phi) is 5.78. The molecule has 0 spiro atoms. The first kappa shape index (κ1) is 21.4. The summed E-state index contributed by atoms with van der Waals surface area (Å²) < 4.78 is 15.3. The minimum absolute atomic E-state index is 0.0744. The van der Waals surface area contributed by atoms with Crippen LogP contribution in [0.1, 0.15) is 42.9 Å². The van der Waals surface area contributed by atoms with Crippen molar-refractivity contribution in [1.29, 1.82) is 0 Å². The van der Waals surface area contributed by atoms with Crippen molar-refractivity contribution in [2.45, 2.75) is 38.9 Å². The van der Waals surface area contributed by atoms with Crippen LogP contribution in [0.3, 0.4) is 0 Å². The van der Waals surface area contributed by atoms with Gasteiger partial charge in [0.1, 0.15) is 12.4 Å². The van der Waals surface area contributed by atoms with Gasteiger partial charge in [0.15, 0.2) is 0 Å². The molecule has 1 aromatic carbocycles. The summed E-state index contributed by atoms with van der Waals surface area (Å²) in [5.41, 5.74) is 6.50. The lowest BCUT2D eigenvalue weighted by Crippen LogP contribution is -2.52. The Morgan fingerprint density at radius 3 is 2.55 bits per heavy atom. The van der Waals surface area contributed by atoms with Gasteiger partial charge in [0, 0.05) is 17.6 Å². The molecular weight excluding hydrogens is 420 g/mol. The van der Waals surface area contributed by atoms with Crippen LogP contribution < -0.4 is 11.1 Å². The number of carbonyl (C=O) groups is 2. The van der Waals surface area contributed by atoms with Gasteiger partial charge in [-0.2, -0.15) is 5.10 Å². The number of nitrogens with one attached hydrogen (secondary N) is 1. The Bertz CT molecular complexity index is 970. The number of alkyl halides is 1. The summed E-state index contributed by atoms with van der Waals surface area (Å²) >= 11 is 12.1. The van der Waals surface area contributed by atoms with Gasteiger partial charge in [0.2, 0.25) is 0 Å². The van der Waals surface area contributed by atoms with Gasteiger partial charge < -0.3 is 16.0 Å². The van der Waals surface area contributed by atoms with E-state index in [4.69, 9.17) is 28.9 Å². The van der Waals surface area contributed by atoms with Crippen LogP contribution in [0.4, 0.5) is 9.18 Å². The predicted molar refractivity (Wildman–Crippen MR) is 110 cm³/mol. The smallest absolute Gasteiger partial charge is 0.318 e. The third-order valence-corrected chi connectivity index (χ3v) is 5.25. The molecule has 1 aliphatic rings. The molecule has 1 atom stereocenters. The van der Waals surface area contributed by atoms with Crippen LogP contribution in [0.25, 0.3) is 11.3 Å². The zero-order valence-corrected chi connectivity index (χ0v) is 17.8. The van der Waals surface area contributed by atoms with Crippen LogP contribution in [0.5, 0.6) is 0 Å². The van der Waals surface area contributed by atoms with E-state index < -0.39 is 24.2 Å². The fraction of sp³-hybridized carbons (Fsp3) is 0.421. The normalized spacial score (nSPS) is 16.5. The van der Waals surface area contributed by atoms with Gasteiger partial charge in [-0.1, -0.05) is 29.3 Å². The average molecular weight is 442 g/mol. The van der Waals surface area contributed by atoms with E-state index in [1.165, 1.54) is 9.58 Å². The highest BCUT2D eigenvalue weighted by Gasteiger charge is 2.35. The van der Waals surface area contributed by atoms with Crippen molar-refractivity contribution in [1.82, 2.24) is 20.0 Å². The Hall–Kier alpha value is -2.32. The SMILES string of the molecule is CC(C)(C)NC(=O)N1Cc2c(C(N)=O)c(-c3ccc(Cl)c(Cl)c3)nn2C(CF)C1. The second kappa shape index (κ2) is 7.84. The summed E-state index contributed by atoms with van der Waals surface area (Å²) in [5, 5.41) is 7.95. The van der Waals surface area contributed by atoms with E-state index in [0.717, 1.165) is 0 Å². The molecule has 0 bridgehead atoms. The summed E-state index contributed by atoms with van der Waals surface area (Å²) in [5.74, 6) is -0.719. The average Bonchev–Trinajstić information content (AvgIpc) is 3.01. The fourth-order valence-electron chi connectivity index (χ4n) is 3.27. The third kappa shape index (κ3) is 4.33.